The van der Waals surface area contributed by atoms with Gasteiger partial charge in [-0.3, -0.25) is 9.59 Å². The molecule has 0 aliphatic carbocycles. The number of hydrogen-bond donors (Lipinski definition) is 0. The van der Waals surface area contributed by atoms with E-state index in [-0.39, 0.29) is 5.24 Å². The van der Waals surface area contributed by atoms with E-state index in [1.165, 1.54) is 0 Å². The summed E-state index contributed by atoms with van der Waals surface area (Å²) in [6.07, 6.45) is 1.65. The van der Waals surface area contributed by atoms with Crippen molar-refractivity contribution in [2.75, 3.05) is 18.6 Å². The summed E-state index contributed by atoms with van der Waals surface area (Å²) in [5.74, 6) is 0.730. The minimum Gasteiger partial charge on any atom is -0.492 e. The number of rotatable bonds is 5. The summed E-state index contributed by atoms with van der Waals surface area (Å²) >= 11 is 10.3. The predicted octanol–water partition coefficient (Wildman–Crippen LogP) is 5.75. The molecule has 0 unspecified atom stereocenters. The van der Waals surface area contributed by atoms with Gasteiger partial charge in [-0.2, -0.15) is 0 Å². The molecule has 0 atom stereocenters. The monoisotopic (exact) mass is 467 g/mol. The highest BCUT2D eigenvalue weighted by Gasteiger charge is 2.36. The Balaban J connectivity index is 1.96. The van der Waals surface area contributed by atoms with E-state index in [0.29, 0.717) is 43.8 Å². The van der Waals surface area contributed by atoms with Crippen LogP contribution in [0.1, 0.15) is 12.5 Å². The molecule has 8 heteroatoms. The Bertz CT molecular complexity index is 947. The van der Waals surface area contributed by atoms with Crippen LogP contribution in [0.15, 0.2) is 45.8 Å². The maximum Gasteiger partial charge on any atom is 0.298 e. The van der Waals surface area contributed by atoms with E-state index in [1.807, 2.05) is 6.92 Å². The van der Waals surface area contributed by atoms with Gasteiger partial charge in [-0.05, 0) is 76.6 Å². The quantitative estimate of drug-likeness (QED) is 0.523. The maximum atomic E-state index is 12.8. The van der Waals surface area contributed by atoms with E-state index < -0.39 is 5.91 Å². The van der Waals surface area contributed by atoms with Crippen molar-refractivity contribution >= 4 is 62.2 Å². The Morgan fingerprint density at radius 1 is 1.26 bits per heavy atom. The number of benzene rings is 2. The second-order valence-electron chi connectivity index (χ2n) is 5.46. The largest absolute Gasteiger partial charge is 0.492 e. The van der Waals surface area contributed by atoms with Crippen LogP contribution in [-0.2, 0) is 4.79 Å². The number of thioether (sulfide) groups is 1. The van der Waals surface area contributed by atoms with Crippen LogP contribution in [0.5, 0.6) is 11.5 Å². The Morgan fingerprint density at radius 3 is 2.70 bits per heavy atom. The molecule has 0 spiro atoms. The van der Waals surface area contributed by atoms with Gasteiger partial charge in [0.05, 0.1) is 28.8 Å². The third-order valence-electron chi connectivity index (χ3n) is 3.69. The lowest BCUT2D eigenvalue weighted by atomic mass is 10.1. The van der Waals surface area contributed by atoms with E-state index in [4.69, 9.17) is 21.1 Å². The summed E-state index contributed by atoms with van der Waals surface area (Å²) in [5, 5.41) is 0.0853. The molecule has 0 aromatic heterocycles. The first-order chi connectivity index (χ1) is 12.9. The maximum absolute atomic E-state index is 12.8. The number of nitrogens with zero attached hydrogens (tertiary/aromatic N) is 1. The molecular formula is C19H15BrClNO4S. The molecule has 2 aromatic carbocycles. The minimum atomic E-state index is -0.392. The molecule has 27 heavy (non-hydrogen) atoms. The first-order valence-electron chi connectivity index (χ1n) is 7.98. The molecule has 2 amide bonds. The zero-order chi connectivity index (χ0) is 19.6. The van der Waals surface area contributed by atoms with Crippen LogP contribution in [0.2, 0.25) is 5.02 Å². The smallest absolute Gasteiger partial charge is 0.298 e. The van der Waals surface area contributed by atoms with Gasteiger partial charge in [-0.25, -0.2) is 4.90 Å². The van der Waals surface area contributed by atoms with E-state index in [2.05, 4.69) is 15.9 Å². The van der Waals surface area contributed by atoms with Crippen molar-refractivity contribution in [1.29, 1.82) is 0 Å². The fraction of sp³-hybridized carbons (Fsp3) is 0.158. The van der Waals surface area contributed by atoms with Gasteiger partial charge in [0.1, 0.15) is 0 Å². The molecule has 1 heterocycles. The second-order valence-corrected chi connectivity index (χ2v) is 7.75. The molecule has 0 saturated carbocycles. The normalized spacial score (nSPS) is 15.6. The molecule has 1 saturated heterocycles. The zero-order valence-electron chi connectivity index (χ0n) is 14.5. The highest BCUT2D eigenvalue weighted by atomic mass is 79.9. The molecule has 3 rings (SSSR count). The number of methoxy groups -OCH3 is 1. The summed E-state index contributed by atoms with van der Waals surface area (Å²) in [4.78, 5) is 26.6. The van der Waals surface area contributed by atoms with Crippen LogP contribution in [0.3, 0.4) is 0 Å². The molecule has 2 aromatic rings. The van der Waals surface area contributed by atoms with Crippen LogP contribution in [0.4, 0.5) is 10.5 Å². The molecule has 0 radical (unpaired) electrons. The molecule has 1 aliphatic rings. The van der Waals surface area contributed by atoms with E-state index in [9.17, 15) is 9.59 Å². The van der Waals surface area contributed by atoms with Crippen LogP contribution >= 0.6 is 39.3 Å². The highest BCUT2D eigenvalue weighted by molar-refractivity contribution is 9.10. The lowest BCUT2D eigenvalue weighted by Gasteiger charge is -2.13. The van der Waals surface area contributed by atoms with Gasteiger partial charge in [-0.15, -0.1) is 0 Å². The predicted molar refractivity (Wildman–Crippen MR) is 112 cm³/mol. The third-order valence-corrected chi connectivity index (χ3v) is 5.39. The summed E-state index contributed by atoms with van der Waals surface area (Å²) < 4.78 is 11.6. The first-order valence-corrected chi connectivity index (χ1v) is 9.97. The number of imide groups is 1. The molecule has 5 nitrogen and oxygen atoms in total. The highest BCUT2D eigenvalue weighted by Crippen LogP contribution is 2.40. The van der Waals surface area contributed by atoms with Gasteiger partial charge < -0.3 is 9.47 Å². The van der Waals surface area contributed by atoms with Crippen molar-refractivity contribution in [3.8, 4) is 11.5 Å². The summed E-state index contributed by atoms with van der Waals surface area (Å²) in [5.41, 5.74) is 1.15. The zero-order valence-corrected chi connectivity index (χ0v) is 17.7. The Labute approximate surface area is 174 Å². The number of anilines is 1. The van der Waals surface area contributed by atoms with E-state index >= 15 is 0 Å². The van der Waals surface area contributed by atoms with Crippen LogP contribution in [-0.4, -0.2) is 24.9 Å². The van der Waals surface area contributed by atoms with Crippen molar-refractivity contribution in [2.45, 2.75) is 6.92 Å². The molecule has 140 valence electrons. The van der Waals surface area contributed by atoms with Crippen LogP contribution < -0.4 is 14.4 Å². The fourth-order valence-electron chi connectivity index (χ4n) is 2.59. The van der Waals surface area contributed by atoms with E-state index in [0.717, 1.165) is 16.7 Å². The van der Waals surface area contributed by atoms with Gasteiger partial charge in [0.25, 0.3) is 11.1 Å². The Morgan fingerprint density at radius 2 is 2.04 bits per heavy atom. The number of amides is 2. The fourth-order valence-corrected chi connectivity index (χ4v) is 4.24. The van der Waals surface area contributed by atoms with Gasteiger partial charge in [0.2, 0.25) is 0 Å². The SMILES string of the molecule is CCOc1cc(/C=C2\SC(=O)N(c3cccc(Cl)c3)C2=O)cc(Br)c1OC. The van der Waals surface area contributed by atoms with Gasteiger partial charge in [-0.1, -0.05) is 17.7 Å². The summed E-state index contributed by atoms with van der Waals surface area (Å²) in [6.45, 7) is 2.34. The number of hydrogen-bond acceptors (Lipinski definition) is 5. The summed E-state index contributed by atoms with van der Waals surface area (Å²) in [6, 6.07) is 10.2. The molecule has 0 bridgehead atoms. The Kier molecular flexibility index (Phi) is 6.14. The van der Waals surface area contributed by atoms with Crippen molar-refractivity contribution in [2.24, 2.45) is 0 Å². The topological polar surface area (TPSA) is 55.8 Å². The van der Waals surface area contributed by atoms with Crippen molar-refractivity contribution in [1.82, 2.24) is 0 Å². The lowest BCUT2D eigenvalue weighted by molar-refractivity contribution is -0.113. The second kappa shape index (κ2) is 8.37. The number of carbonyl (C=O) groups is 2. The number of carbonyl (C=O) groups excluding carboxylic acids is 2. The van der Waals surface area contributed by atoms with Crippen molar-refractivity contribution in [3.05, 3.63) is 56.4 Å². The van der Waals surface area contributed by atoms with Gasteiger partial charge >= 0.3 is 0 Å². The van der Waals surface area contributed by atoms with E-state index in [1.54, 1.807) is 49.6 Å². The van der Waals surface area contributed by atoms with Gasteiger partial charge in [0, 0.05) is 5.02 Å². The van der Waals surface area contributed by atoms with Crippen molar-refractivity contribution in [3.63, 3.8) is 0 Å². The lowest BCUT2D eigenvalue weighted by Crippen LogP contribution is -2.27. The summed E-state index contributed by atoms with van der Waals surface area (Å²) in [7, 11) is 1.55. The minimum absolute atomic E-state index is 0.319. The van der Waals surface area contributed by atoms with Gasteiger partial charge in [0.15, 0.2) is 11.5 Å². The third kappa shape index (κ3) is 4.15. The van der Waals surface area contributed by atoms with Crippen molar-refractivity contribution < 1.29 is 19.1 Å². The Hall–Kier alpha value is -1.96. The molecule has 0 N–H and O–H groups in total. The molecular weight excluding hydrogens is 454 g/mol. The number of ether oxygens (including phenoxy) is 2. The average Bonchev–Trinajstić information content (AvgIpc) is 2.88. The average molecular weight is 469 g/mol. The number of halogens is 2. The molecule has 1 fully saturated rings. The van der Waals surface area contributed by atoms with Crippen LogP contribution in [0, 0.1) is 0 Å². The van der Waals surface area contributed by atoms with Crippen LogP contribution in [0.25, 0.3) is 6.08 Å². The first kappa shape index (κ1) is 19.8. The standard InChI is InChI=1S/C19H15BrClNO4S/c1-3-26-15-8-11(7-14(20)17(15)25-2)9-16-18(23)22(19(24)27-16)13-6-4-5-12(21)10-13/h4-10H,3H2,1-2H3/b16-9-. The molecule has 1 aliphatic heterocycles.